The number of ether oxygens (including phenoxy) is 1. The maximum absolute atomic E-state index is 14.0. The molecule has 1 aromatic rings. The summed E-state index contributed by atoms with van der Waals surface area (Å²) in [6.45, 7) is 9.80. The van der Waals surface area contributed by atoms with Crippen molar-refractivity contribution in [1.82, 2.24) is 0 Å². The maximum atomic E-state index is 14.0. The third-order valence-corrected chi connectivity index (χ3v) is 12.3. The Labute approximate surface area is 222 Å². The highest BCUT2D eigenvalue weighted by Crippen LogP contribution is 2.67. The lowest BCUT2D eigenvalue weighted by atomic mass is 9.44. The van der Waals surface area contributed by atoms with Crippen LogP contribution < -0.4 is 0 Å². The Kier molecular flexibility index (Phi) is 6.88. The van der Waals surface area contributed by atoms with Crippen molar-refractivity contribution in [2.45, 2.75) is 103 Å². The van der Waals surface area contributed by atoms with Crippen LogP contribution in [0.5, 0.6) is 0 Å². The van der Waals surface area contributed by atoms with Crippen LogP contribution in [0.25, 0.3) is 0 Å². The number of hydrogen-bond donors (Lipinski definition) is 0. The summed E-state index contributed by atoms with van der Waals surface area (Å²) in [5, 5.41) is 0. The van der Waals surface area contributed by atoms with Gasteiger partial charge in [0, 0.05) is 19.3 Å². The number of ketones is 1. The van der Waals surface area contributed by atoms with Crippen LogP contribution in [0, 0.1) is 47.3 Å². The van der Waals surface area contributed by atoms with Crippen molar-refractivity contribution in [3.63, 3.8) is 0 Å². The molecule has 0 bridgehead atoms. The van der Waals surface area contributed by atoms with Crippen LogP contribution in [0.3, 0.4) is 0 Å². The van der Waals surface area contributed by atoms with Crippen LogP contribution in [0.4, 0.5) is 0 Å². The van der Waals surface area contributed by atoms with Gasteiger partial charge in [-0.1, -0.05) is 31.5 Å². The molecule has 4 saturated carbocycles. The number of fused-ring (bicyclic) bond motifs is 5. The summed E-state index contributed by atoms with van der Waals surface area (Å²) in [7, 11) is -3.88. The predicted octanol–water partition coefficient (Wildman–Crippen LogP) is 5.86. The van der Waals surface area contributed by atoms with Crippen molar-refractivity contribution in [2.75, 3.05) is 0 Å². The zero-order chi connectivity index (χ0) is 26.8. The summed E-state index contributed by atoms with van der Waals surface area (Å²) in [5.74, 6) is 1.34. The molecule has 204 valence electrons. The number of carbonyl (C=O) groups is 2. The molecule has 0 saturated heterocycles. The Bertz CT molecular complexity index is 1160. The summed E-state index contributed by atoms with van der Waals surface area (Å²) in [6, 6.07) is 6.76. The number of carbonyl (C=O) groups excluding carboxylic acids is 2. The van der Waals surface area contributed by atoms with Crippen LogP contribution in [0.15, 0.2) is 29.2 Å². The van der Waals surface area contributed by atoms with Gasteiger partial charge in [0.25, 0.3) is 10.1 Å². The second kappa shape index (κ2) is 9.48. The van der Waals surface area contributed by atoms with Crippen molar-refractivity contribution < 1.29 is 26.9 Å². The molecule has 0 radical (unpaired) electrons. The standard InChI is InChI=1S/C30H42O6S/c1-18-6-9-23(10-7-18)37(33,34)36-19(2)25-12-13-26-24-11-8-21-16-22(35-20(3)31)14-15-29(21,4)28(24)27(32)17-30(25,26)5/h6-7,9-10,19,21-22,24-26,28H,8,11-17H2,1-5H3/t19-,21+,22+,24+,25+,26-,28+,29+,30+/m0/s1. The zero-order valence-corrected chi connectivity index (χ0v) is 23.7. The van der Waals surface area contributed by atoms with Crippen molar-refractivity contribution in [3.05, 3.63) is 29.8 Å². The van der Waals surface area contributed by atoms with Crippen LogP contribution in [0.1, 0.15) is 84.6 Å². The zero-order valence-electron chi connectivity index (χ0n) is 22.9. The quantitative estimate of drug-likeness (QED) is 0.350. The molecule has 0 unspecified atom stereocenters. The van der Waals surface area contributed by atoms with Crippen LogP contribution in [-0.4, -0.2) is 32.4 Å². The second-order valence-corrected chi connectivity index (χ2v) is 14.5. The van der Waals surface area contributed by atoms with Crippen molar-refractivity contribution in [3.8, 4) is 0 Å². The maximum Gasteiger partial charge on any atom is 0.302 e. The fourth-order valence-corrected chi connectivity index (χ4v) is 10.3. The molecule has 5 rings (SSSR count). The van der Waals surface area contributed by atoms with Gasteiger partial charge in [0.15, 0.2) is 0 Å². The van der Waals surface area contributed by atoms with Gasteiger partial charge >= 0.3 is 5.97 Å². The molecule has 4 fully saturated rings. The van der Waals surface area contributed by atoms with E-state index in [0.717, 1.165) is 50.5 Å². The minimum absolute atomic E-state index is 0.0212. The highest BCUT2D eigenvalue weighted by Gasteiger charge is 2.64. The van der Waals surface area contributed by atoms with Gasteiger partial charge in [-0.3, -0.25) is 13.8 Å². The van der Waals surface area contributed by atoms with Gasteiger partial charge in [-0.05, 0) is 105 Å². The SMILES string of the molecule is CC(=O)O[C@@H]1CC[C@]2(C)[C@H](CC[C@@H]3[C@@H]4CC[C@H]([C@H](C)OS(=O)(=O)c5ccc(C)cc5)[C@@]4(C)CC(=O)[C@@H]32)C1. The van der Waals surface area contributed by atoms with Gasteiger partial charge in [0.1, 0.15) is 11.9 Å². The minimum Gasteiger partial charge on any atom is -0.463 e. The van der Waals surface area contributed by atoms with Gasteiger partial charge in [-0.2, -0.15) is 8.42 Å². The molecular formula is C30H42O6S. The number of hydrogen-bond acceptors (Lipinski definition) is 6. The number of rotatable bonds is 5. The van der Waals surface area contributed by atoms with E-state index in [0.29, 0.717) is 30.0 Å². The third-order valence-electron chi connectivity index (χ3n) is 10.9. The molecule has 7 heteroatoms. The third kappa shape index (κ3) is 4.58. The average molecular weight is 531 g/mol. The smallest absolute Gasteiger partial charge is 0.302 e. The fraction of sp³-hybridized carbons (Fsp3) is 0.733. The van der Waals surface area contributed by atoms with E-state index in [-0.39, 0.29) is 39.6 Å². The number of Topliss-reactive ketones (excluding diaryl/α,β-unsaturated/α-hetero) is 1. The molecule has 0 N–H and O–H groups in total. The van der Waals surface area contributed by atoms with E-state index in [1.54, 1.807) is 24.3 Å². The molecule has 0 amide bonds. The summed E-state index contributed by atoms with van der Waals surface area (Å²) < 4.78 is 37.4. The molecule has 37 heavy (non-hydrogen) atoms. The minimum atomic E-state index is -3.88. The predicted molar refractivity (Wildman–Crippen MR) is 140 cm³/mol. The van der Waals surface area contributed by atoms with Gasteiger partial charge in [0.2, 0.25) is 0 Å². The summed E-state index contributed by atoms with van der Waals surface area (Å²) in [4.78, 5) is 25.7. The molecule has 4 aliphatic rings. The van der Waals surface area contributed by atoms with E-state index >= 15 is 0 Å². The van der Waals surface area contributed by atoms with Crippen molar-refractivity contribution >= 4 is 21.9 Å². The van der Waals surface area contributed by atoms with Gasteiger partial charge in [-0.25, -0.2) is 0 Å². The van der Waals surface area contributed by atoms with E-state index in [1.807, 2.05) is 13.8 Å². The van der Waals surface area contributed by atoms with Crippen molar-refractivity contribution in [2.24, 2.45) is 40.4 Å². The lowest BCUT2D eigenvalue weighted by molar-refractivity contribution is -0.170. The van der Waals surface area contributed by atoms with E-state index in [2.05, 4.69) is 13.8 Å². The van der Waals surface area contributed by atoms with Crippen molar-refractivity contribution in [1.29, 1.82) is 0 Å². The molecule has 1 aromatic carbocycles. The molecule has 4 aliphatic carbocycles. The first kappa shape index (κ1) is 26.9. The second-order valence-electron chi connectivity index (χ2n) is 12.9. The Morgan fingerprint density at radius 3 is 2.41 bits per heavy atom. The largest absolute Gasteiger partial charge is 0.463 e. The van der Waals surface area contributed by atoms with Gasteiger partial charge in [-0.15, -0.1) is 0 Å². The average Bonchev–Trinajstić information content (AvgIpc) is 3.15. The van der Waals surface area contributed by atoms with Gasteiger partial charge < -0.3 is 4.74 Å². The fourth-order valence-electron chi connectivity index (χ4n) is 9.21. The first-order chi connectivity index (χ1) is 17.3. The molecular weight excluding hydrogens is 488 g/mol. The molecule has 0 aliphatic heterocycles. The Hall–Kier alpha value is -1.73. The lowest BCUT2D eigenvalue weighted by Gasteiger charge is -2.60. The van der Waals surface area contributed by atoms with E-state index in [4.69, 9.17) is 8.92 Å². The molecule has 0 heterocycles. The van der Waals surface area contributed by atoms with Crippen LogP contribution in [0.2, 0.25) is 0 Å². The monoisotopic (exact) mass is 530 g/mol. The Morgan fingerprint density at radius 2 is 1.73 bits per heavy atom. The molecule has 9 atom stereocenters. The Morgan fingerprint density at radius 1 is 1.03 bits per heavy atom. The number of aryl methyl sites for hydroxylation is 1. The molecule has 0 aromatic heterocycles. The first-order valence-corrected chi connectivity index (χ1v) is 15.5. The van der Waals surface area contributed by atoms with Crippen LogP contribution >= 0.6 is 0 Å². The number of esters is 1. The normalized spacial score (nSPS) is 40.3. The highest BCUT2D eigenvalue weighted by atomic mass is 32.2. The van der Waals surface area contributed by atoms with Gasteiger partial charge in [0.05, 0.1) is 11.0 Å². The van der Waals surface area contributed by atoms with E-state index in [1.165, 1.54) is 6.92 Å². The first-order valence-electron chi connectivity index (χ1n) is 14.0. The van der Waals surface area contributed by atoms with E-state index in [9.17, 15) is 18.0 Å². The molecule has 0 spiro atoms. The topological polar surface area (TPSA) is 86.7 Å². The number of benzene rings is 1. The molecule has 6 nitrogen and oxygen atoms in total. The lowest BCUT2D eigenvalue weighted by Crippen LogP contribution is -2.58. The Balaban J connectivity index is 1.34. The van der Waals surface area contributed by atoms with E-state index < -0.39 is 16.2 Å². The van der Waals surface area contributed by atoms with Crippen LogP contribution in [-0.2, 0) is 28.6 Å². The summed E-state index contributed by atoms with van der Waals surface area (Å²) >= 11 is 0. The highest BCUT2D eigenvalue weighted by molar-refractivity contribution is 7.86. The summed E-state index contributed by atoms with van der Waals surface area (Å²) in [6.07, 6.45) is 6.58. The summed E-state index contributed by atoms with van der Waals surface area (Å²) in [5.41, 5.74) is 0.697.